The summed E-state index contributed by atoms with van der Waals surface area (Å²) in [4.78, 5) is 0. The van der Waals surface area contributed by atoms with Crippen LogP contribution in [0.4, 0.5) is 26.3 Å². The molecule has 1 aliphatic rings. The van der Waals surface area contributed by atoms with Crippen molar-refractivity contribution < 1.29 is 31.1 Å². The smallest absolute Gasteiger partial charge is 0.371 e. The van der Waals surface area contributed by atoms with Crippen LogP contribution in [0.15, 0.2) is 0 Å². The van der Waals surface area contributed by atoms with Crippen molar-refractivity contribution in [2.24, 2.45) is 5.92 Å². The molecule has 0 bridgehead atoms. The molecule has 0 saturated heterocycles. The van der Waals surface area contributed by atoms with Gasteiger partial charge in [-0.3, -0.25) is 0 Å². The molecule has 2 unspecified atom stereocenters. The molecule has 114 valence electrons. The van der Waals surface area contributed by atoms with Gasteiger partial charge < -0.3 is 10.1 Å². The van der Waals surface area contributed by atoms with E-state index in [2.05, 4.69) is 10.1 Å². The minimum absolute atomic E-state index is 0.0111. The Kier molecular flexibility index (Phi) is 5.91. The van der Waals surface area contributed by atoms with Crippen LogP contribution in [0.25, 0.3) is 0 Å². The second-order valence-corrected chi connectivity index (χ2v) is 4.72. The molecule has 2 atom stereocenters. The van der Waals surface area contributed by atoms with Crippen molar-refractivity contribution in [1.82, 2.24) is 5.32 Å². The van der Waals surface area contributed by atoms with E-state index in [4.69, 9.17) is 0 Å². The average Bonchev–Trinajstić information content (AvgIpc) is 2.26. The minimum atomic E-state index is -4.37. The topological polar surface area (TPSA) is 21.3 Å². The van der Waals surface area contributed by atoms with Gasteiger partial charge in [-0.15, -0.1) is 0 Å². The Hall–Kier alpha value is -0.500. The zero-order valence-corrected chi connectivity index (χ0v) is 10.3. The Labute approximate surface area is 107 Å². The maximum Gasteiger partial charge on any atom is 0.411 e. The molecule has 0 spiro atoms. The molecule has 19 heavy (non-hydrogen) atoms. The Morgan fingerprint density at radius 1 is 1.05 bits per heavy atom. The highest BCUT2D eigenvalue weighted by Crippen LogP contribution is 2.37. The number of nitrogens with one attached hydrogen (secondary N) is 1. The highest BCUT2D eigenvalue weighted by molar-refractivity contribution is 4.81. The van der Waals surface area contributed by atoms with Crippen LogP contribution in [0.3, 0.4) is 0 Å². The molecule has 0 aromatic rings. The van der Waals surface area contributed by atoms with Crippen molar-refractivity contribution in [1.29, 1.82) is 0 Å². The Morgan fingerprint density at radius 3 is 2.32 bits per heavy atom. The van der Waals surface area contributed by atoms with E-state index in [0.717, 1.165) is 0 Å². The number of hydrogen-bond acceptors (Lipinski definition) is 2. The third-order valence-corrected chi connectivity index (χ3v) is 3.08. The van der Waals surface area contributed by atoms with Crippen molar-refractivity contribution in [3.8, 4) is 0 Å². The predicted molar refractivity (Wildman–Crippen MR) is 56.7 cm³/mol. The van der Waals surface area contributed by atoms with Gasteiger partial charge in [0.25, 0.3) is 0 Å². The largest absolute Gasteiger partial charge is 0.411 e. The summed E-state index contributed by atoms with van der Waals surface area (Å²) in [5, 5.41) is 2.82. The van der Waals surface area contributed by atoms with E-state index in [0.29, 0.717) is 12.8 Å². The van der Waals surface area contributed by atoms with Gasteiger partial charge in [-0.2, -0.15) is 26.3 Å². The number of halogens is 6. The van der Waals surface area contributed by atoms with Crippen LogP contribution in [0, 0.1) is 5.92 Å². The summed E-state index contributed by atoms with van der Waals surface area (Å²) in [6.07, 6.45) is -7.34. The van der Waals surface area contributed by atoms with Crippen LogP contribution in [-0.2, 0) is 4.74 Å². The standard InChI is InChI=1S/C11H17F6NO/c12-10(13,14)7-19-5-4-18-9-3-1-2-8(6-9)11(15,16)17/h8-9,18H,1-7H2. The molecule has 0 aliphatic heterocycles. The number of ether oxygens (including phenoxy) is 1. The van der Waals surface area contributed by atoms with Gasteiger partial charge in [0, 0.05) is 12.6 Å². The van der Waals surface area contributed by atoms with Gasteiger partial charge in [0.1, 0.15) is 6.61 Å². The van der Waals surface area contributed by atoms with Crippen LogP contribution in [0.5, 0.6) is 0 Å². The molecule has 0 amide bonds. The van der Waals surface area contributed by atoms with Crippen molar-refractivity contribution in [2.75, 3.05) is 19.8 Å². The molecule has 0 radical (unpaired) electrons. The summed E-state index contributed by atoms with van der Waals surface area (Å²) >= 11 is 0. The maximum absolute atomic E-state index is 12.5. The van der Waals surface area contributed by atoms with Crippen LogP contribution in [0.1, 0.15) is 25.7 Å². The summed E-state index contributed by atoms with van der Waals surface area (Å²) in [6, 6.07) is -0.296. The first-order valence-electron chi connectivity index (χ1n) is 6.13. The van der Waals surface area contributed by atoms with Crippen LogP contribution in [-0.4, -0.2) is 38.2 Å². The van der Waals surface area contributed by atoms with Gasteiger partial charge in [0.2, 0.25) is 0 Å². The quantitative estimate of drug-likeness (QED) is 0.620. The summed E-state index contributed by atoms with van der Waals surface area (Å²) in [6.45, 7) is -1.36. The Balaban J connectivity index is 2.16. The molecule has 0 heterocycles. The summed E-state index contributed by atoms with van der Waals surface area (Å²) in [7, 11) is 0. The summed E-state index contributed by atoms with van der Waals surface area (Å²) in [5.74, 6) is -1.31. The van der Waals surface area contributed by atoms with Gasteiger partial charge in [-0.05, 0) is 19.3 Å². The van der Waals surface area contributed by atoms with Crippen molar-refractivity contribution in [3.63, 3.8) is 0 Å². The molecule has 0 aromatic heterocycles. The number of hydrogen-bond donors (Lipinski definition) is 1. The molecule has 1 saturated carbocycles. The molecule has 8 heteroatoms. The minimum Gasteiger partial charge on any atom is -0.371 e. The van der Waals surface area contributed by atoms with Crippen LogP contribution >= 0.6 is 0 Å². The van der Waals surface area contributed by atoms with E-state index in [-0.39, 0.29) is 32.0 Å². The molecular weight excluding hydrogens is 276 g/mol. The maximum atomic E-state index is 12.5. The zero-order valence-electron chi connectivity index (χ0n) is 10.3. The number of rotatable bonds is 5. The lowest BCUT2D eigenvalue weighted by Crippen LogP contribution is -2.40. The predicted octanol–water partition coefficient (Wildman–Crippen LogP) is 3.28. The van der Waals surface area contributed by atoms with E-state index in [1.165, 1.54) is 0 Å². The highest BCUT2D eigenvalue weighted by Gasteiger charge is 2.41. The molecule has 1 aliphatic carbocycles. The van der Waals surface area contributed by atoms with Crippen molar-refractivity contribution >= 4 is 0 Å². The number of alkyl halides is 6. The molecule has 1 fully saturated rings. The molecular formula is C11H17F6NO. The van der Waals surface area contributed by atoms with Gasteiger partial charge in [0.15, 0.2) is 0 Å². The first-order chi connectivity index (χ1) is 8.68. The normalized spacial score (nSPS) is 25.6. The third kappa shape index (κ3) is 7.00. The fourth-order valence-corrected chi connectivity index (χ4v) is 2.20. The second kappa shape index (κ2) is 6.78. The van der Waals surface area contributed by atoms with Gasteiger partial charge in [-0.25, -0.2) is 0 Å². The van der Waals surface area contributed by atoms with Crippen LogP contribution in [0.2, 0.25) is 0 Å². The van der Waals surface area contributed by atoms with E-state index >= 15 is 0 Å². The summed E-state index contributed by atoms with van der Waals surface area (Å²) < 4.78 is 77.2. The lowest BCUT2D eigenvalue weighted by atomic mass is 9.85. The van der Waals surface area contributed by atoms with Crippen LogP contribution < -0.4 is 5.32 Å². The second-order valence-electron chi connectivity index (χ2n) is 4.72. The first-order valence-corrected chi connectivity index (χ1v) is 6.13. The average molecular weight is 293 g/mol. The molecule has 2 nitrogen and oxygen atoms in total. The highest BCUT2D eigenvalue weighted by atomic mass is 19.4. The lowest BCUT2D eigenvalue weighted by Gasteiger charge is -2.31. The van der Waals surface area contributed by atoms with E-state index in [1.807, 2.05) is 0 Å². The van der Waals surface area contributed by atoms with E-state index in [1.54, 1.807) is 0 Å². The van der Waals surface area contributed by atoms with Gasteiger partial charge >= 0.3 is 12.4 Å². The van der Waals surface area contributed by atoms with E-state index < -0.39 is 24.9 Å². The van der Waals surface area contributed by atoms with Crippen molar-refractivity contribution in [3.05, 3.63) is 0 Å². The fraction of sp³-hybridized carbons (Fsp3) is 1.00. The van der Waals surface area contributed by atoms with Gasteiger partial charge in [-0.1, -0.05) is 6.42 Å². The van der Waals surface area contributed by atoms with E-state index in [9.17, 15) is 26.3 Å². The third-order valence-electron chi connectivity index (χ3n) is 3.08. The summed E-state index contributed by atoms with van der Waals surface area (Å²) in [5.41, 5.74) is 0. The zero-order chi connectivity index (χ0) is 14.5. The molecule has 1 N–H and O–H groups in total. The lowest BCUT2D eigenvalue weighted by molar-refractivity contribution is -0.184. The van der Waals surface area contributed by atoms with Crippen molar-refractivity contribution in [2.45, 2.75) is 44.1 Å². The SMILES string of the molecule is FC(F)(F)COCCNC1CCCC(C(F)(F)F)C1. The Morgan fingerprint density at radius 2 is 1.74 bits per heavy atom. The first kappa shape index (κ1) is 16.6. The Bertz CT molecular complexity index is 265. The van der Waals surface area contributed by atoms with Gasteiger partial charge in [0.05, 0.1) is 12.5 Å². The monoisotopic (exact) mass is 293 g/mol. The fourth-order valence-electron chi connectivity index (χ4n) is 2.20. The molecule has 0 aromatic carbocycles. The molecule has 1 rings (SSSR count).